The third-order valence-electron chi connectivity index (χ3n) is 2.62. The number of halogens is 1. The second-order valence-electron chi connectivity index (χ2n) is 3.66. The van der Waals surface area contributed by atoms with E-state index in [0.29, 0.717) is 18.7 Å². The maximum Gasteiger partial charge on any atom is 0.128 e. The molecule has 1 saturated heterocycles. The van der Waals surface area contributed by atoms with Crippen molar-refractivity contribution in [2.24, 2.45) is 5.73 Å². The van der Waals surface area contributed by atoms with Gasteiger partial charge < -0.3 is 15.8 Å². The van der Waals surface area contributed by atoms with Gasteiger partial charge in [-0.25, -0.2) is 4.39 Å². The van der Waals surface area contributed by atoms with Gasteiger partial charge >= 0.3 is 0 Å². The summed E-state index contributed by atoms with van der Waals surface area (Å²) in [6, 6.07) is 6.17. The molecule has 1 heterocycles. The maximum atomic E-state index is 13.4. The standard InChI is InChI=1S/C11H15FN2O/c12-9-4-2-1-3-8(9)11(13)10-7-14-5-6-15-10/h1-4,10-11,14H,5-7,13H2. The van der Waals surface area contributed by atoms with Crippen LogP contribution in [0.25, 0.3) is 0 Å². The summed E-state index contributed by atoms with van der Waals surface area (Å²) >= 11 is 0. The van der Waals surface area contributed by atoms with E-state index in [0.717, 1.165) is 6.54 Å². The minimum Gasteiger partial charge on any atom is -0.374 e. The van der Waals surface area contributed by atoms with Crippen LogP contribution < -0.4 is 11.1 Å². The van der Waals surface area contributed by atoms with Gasteiger partial charge in [0.25, 0.3) is 0 Å². The maximum absolute atomic E-state index is 13.4. The Kier molecular flexibility index (Phi) is 3.30. The molecule has 0 spiro atoms. The van der Waals surface area contributed by atoms with Crippen molar-refractivity contribution >= 4 is 0 Å². The minimum atomic E-state index is -0.404. The number of nitrogens with two attached hydrogens (primary N) is 1. The first-order valence-electron chi connectivity index (χ1n) is 5.11. The lowest BCUT2D eigenvalue weighted by Crippen LogP contribution is -2.44. The lowest BCUT2D eigenvalue weighted by Gasteiger charge is -2.28. The van der Waals surface area contributed by atoms with Crippen molar-refractivity contribution in [2.45, 2.75) is 12.1 Å². The largest absolute Gasteiger partial charge is 0.374 e. The number of nitrogens with one attached hydrogen (secondary N) is 1. The summed E-state index contributed by atoms with van der Waals surface area (Å²) in [7, 11) is 0. The Morgan fingerprint density at radius 1 is 1.47 bits per heavy atom. The van der Waals surface area contributed by atoms with Gasteiger partial charge in [0.2, 0.25) is 0 Å². The molecule has 82 valence electrons. The number of ether oxygens (including phenoxy) is 1. The molecule has 1 aliphatic heterocycles. The van der Waals surface area contributed by atoms with Gasteiger partial charge in [0.05, 0.1) is 18.8 Å². The summed E-state index contributed by atoms with van der Waals surface area (Å²) in [6.07, 6.45) is -0.143. The van der Waals surface area contributed by atoms with Gasteiger partial charge in [-0.3, -0.25) is 0 Å². The minimum absolute atomic E-state index is 0.143. The van der Waals surface area contributed by atoms with Crippen molar-refractivity contribution in [3.05, 3.63) is 35.6 Å². The predicted octanol–water partition coefficient (Wildman–Crippen LogP) is 0.814. The molecule has 2 atom stereocenters. The van der Waals surface area contributed by atoms with Crippen LogP contribution >= 0.6 is 0 Å². The fraction of sp³-hybridized carbons (Fsp3) is 0.455. The SMILES string of the molecule is NC(c1ccccc1F)C1CNCCO1. The molecule has 0 bridgehead atoms. The van der Waals surface area contributed by atoms with E-state index in [1.165, 1.54) is 6.07 Å². The van der Waals surface area contributed by atoms with Crippen LogP contribution in [0, 0.1) is 5.82 Å². The van der Waals surface area contributed by atoms with Crippen LogP contribution in [0.3, 0.4) is 0 Å². The molecule has 3 N–H and O–H groups in total. The second kappa shape index (κ2) is 4.70. The molecule has 0 radical (unpaired) electrons. The van der Waals surface area contributed by atoms with Gasteiger partial charge in [-0.05, 0) is 6.07 Å². The van der Waals surface area contributed by atoms with E-state index in [-0.39, 0.29) is 11.9 Å². The fourth-order valence-corrected chi connectivity index (χ4v) is 1.76. The Labute approximate surface area is 88.4 Å². The van der Waals surface area contributed by atoms with Crippen molar-refractivity contribution in [2.75, 3.05) is 19.7 Å². The van der Waals surface area contributed by atoms with Crippen molar-refractivity contribution < 1.29 is 9.13 Å². The molecular formula is C11H15FN2O. The summed E-state index contributed by atoms with van der Waals surface area (Å²) in [5.41, 5.74) is 6.49. The normalized spacial score (nSPS) is 23.7. The van der Waals surface area contributed by atoms with Crippen LogP contribution in [0.1, 0.15) is 11.6 Å². The van der Waals surface area contributed by atoms with E-state index in [9.17, 15) is 4.39 Å². The Balaban J connectivity index is 2.12. The molecule has 1 aliphatic rings. The summed E-state index contributed by atoms with van der Waals surface area (Å²) in [6.45, 7) is 2.14. The van der Waals surface area contributed by atoms with Crippen LogP contribution in [0.5, 0.6) is 0 Å². The first-order valence-corrected chi connectivity index (χ1v) is 5.11. The quantitative estimate of drug-likeness (QED) is 0.759. The highest BCUT2D eigenvalue weighted by Gasteiger charge is 2.24. The zero-order valence-electron chi connectivity index (χ0n) is 8.45. The zero-order valence-corrected chi connectivity index (χ0v) is 8.45. The summed E-state index contributed by atoms with van der Waals surface area (Å²) in [4.78, 5) is 0. The lowest BCUT2D eigenvalue weighted by atomic mass is 10.0. The van der Waals surface area contributed by atoms with Gasteiger partial charge in [-0.15, -0.1) is 0 Å². The molecule has 3 nitrogen and oxygen atoms in total. The zero-order chi connectivity index (χ0) is 10.7. The predicted molar refractivity (Wildman–Crippen MR) is 55.9 cm³/mol. The number of hydrogen-bond donors (Lipinski definition) is 2. The monoisotopic (exact) mass is 210 g/mol. The third kappa shape index (κ3) is 2.34. The fourth-order valence-electron chi connectivity index (χ4n) is 1.76. The highest BCUT2D eigenvalue weighted by molar-refractivity contribution is 5.22. The molecule has 0 saturated carbocycles. The molecule has 4 heteroatoms. The molecule has 0 amide bonds. The molecule has 15 heavy (non-hydrogen) atoms. The van der Waals surface area contributed by atoms with E-state index in [1.54, 1.807) is 18.2 Å². The van der Waals surface area contributed by atoms with Gasteiger partial charge in [0, 0.05) is 18.7 Å². The van der Waals surface area contributed by atoms with E-state index >= 15 is 0 Å². The highest BCUT2D eigenvalue weighted by atomic mass is 19.1. The molecule has 2 rings (SSSR count). The molecule has 1 aromatic rings. The van der Waals surface area contributed by atoms with Crippen molar-refractivity contribution in [1.82, 2.24) is 5.32 Å². The average molecular weight is 210 g/mol. The Morgan fingerprint density at radius 2 is 2.27 bits per heavy atom. The molecule has 2 unspecified atom stereocenters. The first kappa shape index (κ1) is 10.5. The number of hydrogen-bond acceptors (Lipinski definition) is 3. The molecule has 1 fully saturated rings. The Bertz CT molecular complexity index is 326. The van der Waals surface area contributed by atoms with Crippen LogP contribution in [-0.4, -0.2) is 25.8 Å². The van der Waals surface area contributed by atoms with Crippen molar-refractivity contribution in [1.29, 1.82) is 0 Å². The smallest absolute Gasteiger partial charge is 0.128 e. The van der Waals surface area contributed by atoms with Crippen LogP contribution in [0.2, 0.25) is 0 Å². The van der Waals surface area contributed by atoms with Crippen LogP contribution in [0.4, 0.5) is 4.39 Å². The topological polar surface area (TPSA) is 47.3 Å². The van der Waals surface area contributed by atoms with Crippen molar-refractivity contribution in [3.8, 4) is 0 Å². The lowest BCUT2D eigenvalue weighted by molar-refractivity contribution is 0.0115. The Morgan fingerprint density at radius 3 is 2.93 bits per heavy atom. The van der Waals surface area contributed by atoms with Gasteiger partial charge in [0.15, 0.2) is 0 Å². The molecular weight excluding hydrogens is 195 g/mol. The average Bonchev–Trinajstić information content (AvgIpc) is 2.30. The Hall–Kier alpha value is -0.970. The summed E-state index contributed by atoms with van der Waals surface area (Å²) in [5, 5.41) is 3.18. The van der Waals surface area contributed by atoms with E-state index in [2.05, 4.69) is 5.32 Å². The molecule has 0 aliphatic carbocycles. The van der Waals surface area contributed by atoms with Gasteiger partial charge in [-0.2, -0.15) is 0 Å². The first-order chi connectivity index (χ1) is 7.29. The number of benzene rings is 1. The van der Waals surface area contributed by atoms with E-state index in [1.807, 2.05) is 0 Å². The van der Waals surface area contributed by atoms with E-state index < -0.39 is 6.04 Å². The van der Waals surface area contributed by atoms with Gasteiger partial charge in [0.1, 0.15) is 5.82 Å². The van der Waals surface area contributed by atoms with E-state index in [4.69, 9.17) is 10.5 Å². The van der Waals surface area contributed by atoms with Crippen LogP contribution in [0.15, 0.2) is 24.3 Å². The third-order valence-corrected chi connectivity index (χ3v) is 2.62. The van der Waals surface area contributed by atoms with Crippen LogP contribution in [-0.2, 0) is 4.74 Å². The second-order valence-corrected chi connectivity index (χ2v) is 3.66. The molecule has 0 aromatic heterocycles. The molecule has 1 aromatic carbocycles. The van der Waals surface area contributed by atoms with Gasteiger partial charge in [-0.1, -0.05) is 18.2 Å². The summed E-state index contributed by atoms with van der Waals surface area (Å²) in [5.74, 6) is -0.265. The number of morpholine rings is 1. The highest BCUT2D eigenvalue weighted by Crippen LogP contribution is 2.20. The van der Waals surface area contributed by atoms with Crippen molar-refractivity contribution in [3.63, 3.8) is 0 Å². The summed E-state index contributed by atoms with van der Waals surface area (Å²) < 4.78 is 18.9. The number of rotatable bonds is 2.